The summed E-state index contributed by atoms with van der Waals surface area (Å²) in [6, 6.07) is 10.8. The minimum Gasteiger partial charge on any atom is -0.336 e. The highest BCUT2D eigenvalue weighted by Gasteiger charge is 2.18. The molecule has 0 atom stereocenters. The summed E-state index contributed by atoms with van der Waals surface area (Å²) in [4.78, 5) is 23.7. The van der Waals surface area contributed by atoms with Gasteiger partial charge in [0, 0.05) is 24.6 Å². The number of urea groups is 2. The highest BCUT2D eigenvalue weighted by atomic mass is 33.1. The van der Waals surface area contributed by atoms with Crippen LogP contribution < -0.4 is 20.1 Å². The third-order valence-corrected chi connectivity index (χ3v) is 9.14. The third kappa shape index (κ3) is 9.44. The van der Waals surface area contributed by atoms with Crippen molar-refractivity contribution in [2.24, 2.45) is 0 Å². The fraction of sp³-hybridized carbons (Fsp3) is 0.300. The average molecular weight is 547 g/mol. The lowest BCUT2D eigenvalue weighted by Gasteiger charge is -2.10. The summed E-state index contributed by atoms with van der Waals surface area (Å²) in [5.41, 5.74) is 1.52. The molecule has 186 valence electrons. The van der Waals surface area contributed by atoms with Gasteiger partial charge in [0.2, 0.25) is 0 Å². The molecule has 10 nitrogen and oxygen atoms in total. The van der Waals surface area contributed by atoms with Crippen molar-refractivity contribution >= 4 is 53.7 Å². The summed E-state index contributed by atoms with van der Waals surface area (Å²) in [5.74, 6) is 0.993. The third-order valence-electron chi connectivity index (χ3n) is 4.08. The van der Waals surface area contributed by atoms with Gasteiger partial charge in [-0.3, -0.25) is 0 Å². The number of carbonyl (C=O) groups is 2. The van der Waals surface area contributed by atoms with Crippen LogP contribution >= 0.6 is 21.6 Å². The van der Waals surface area contributed by atoms with Crippen molar-refractivity contribution < 1.29 is 26.4 Å². The van der Waals surface area contributed by atoms with Crippen molar-refractivity contribution in [3.63, 3.8) is 0 Å². The van der Waals surface area contributed by atoms with Gasteiger partial charge in [0.15, 0.2) is 0 Å². The fourth-order valence-electron chi connectivity index (χ4n) is 2.53. The second-order valence-electron chi connectivity index (χ2n) is 7.00. The number of amides is 4. The van der Waals surface area contributed by atoms with Crippen LogP contribution in [0.1, 0.15) is 11.1 Å². The molecule has 0 spiro atoms. The van der Waals surface area contributed by atoms with Crippen LogP contribution in [0, 0.1) is 13.8 Å². The highest BCUT2D eigenvalue weighted by Crippen LogP contribution is 2.19. The largest absolute Gasteiger partial charge is 0.336 e. The zero-order valence-electron chi connectivity index (χ0n) is 18.5. The van der Waals surface area contributed by atoms with Gasteiger partial charge in [-0.1, -0.05) is 45.9 Å². The van der Waals surface area contributed by atoms with Gasteiger partial charge < -0.3 is 10.6 Å². The lowest BCUT2D eigenvalue weighted by Crippen LogP contribution is -2.40. The number of carbonyl (C=O) groups excluding carboxylic acids is 2. The van der Waals surface area contributed by atoms with Gasteiger partial charge in [0.25, 0.3) is 20.0 Å². The summed E-state index contributed by atoms with van der Waals surface area (Å²) >= 11 is 0. The smallest absolute Gasteiger partial charge is 0.328 e. The molecule has 2 aromatic carbocycles. The first-order chi connectivity index (χ1) is 16.0. The maximum absolute atomic E-state index is 12.2. The van der Waals surface area contributed by atoms with E-state index in [-0.39, 0.29) is 22.9 Å². The summed E-state index contributed by atoms with van der Waals surface area (Å²) in [5, 5.41) is 4.94. The average Bonchev–Trinajstić information content (AvgIpc) is 2.75. The van der Waals surface area contributed by atoms with Crippen molar-refractivity contribution in [3.05, 3.63) is 59.7 Å². The zero-order chi connectivity index (χ0) is 25.2. The second-order valence-corrected chi connectivity index (χ2v) is 13.1. The molecule has 0 saturated heterocycles. The summed E-state index contributed by atoms with van der Waals surface area (Å²) in [6.45, 7) is 3.97. The van der Waals surface area contributed by atoms with Crippen LogP contribution in [-0.2, 0) is 20.0 Å². The molecule has 0 saturated carbocycles. The van der Waals surface area contributed by atoms with E-state index in [1.165, 1.54) is 45.9 Å². The molecule has 0 bridgehead atoms. The maximum Gasteiger partial charge on any atom is 0.328 e. The Balaban J connectivity index is 1.58. The lowest BCUT2D eigenvalue weighted by molar-refractivity contribution is 0.245. The van der Waals surface area contributed by atoms with Crippen LogP contribution in [0.5, 0.6) is 0 Å². The molecule has 14 heteroatoms. The summed E-state index contributed by atoms with van der Waals surface area (Å²) in [7, 11) is -5.06. The minimum atomic E-state index is -3.94. The highest BCUT2D eigenvalue weighted by molar-refractivity contribution is 8.76. The standard InChI is InChI=1S/C20H26N4O6S4/c1-15-5-3-7-17(13-15)33(27,28)23-19(25)21-9-11-31-32-12-10-22-20(26)24-34(29,30)18-8-4-6-16(2)14-18/h3-8,13-14H,9-12H2,1-2H3,(H2,21,23,25)(H2,22,24,26). The van der Waals surface area contributed by atoms with E-state index < -0.39 is 32.1 Å². The number of benzene rings is 2. The number of hydrogen-bond acceptors (Lipinski definition) is 8. The lowest BCUT2D eigenvalue weighted by atomic mass is 10.2. The van der Waals surface area contributed by atoms with Gasteiger partial charge in [-0.15, -0.1) is 0 Å². The van der Waals surface area contributed by atoms with Gasteiger partial charge >= 0.3 is 12.1 Å². The molecular formula is C20H26N4O6S4. The first kappa shape index (κ1) is 27.8. The van der Waals surface area contributed by atoms with Crippen LogP contribution in [0.15, 0.2) is 58.3 Å². The van der Waals surface area contributed by atoms with Crippen LogP contribution in [0.4, 0.5) is 9.59 Å². The topological polar surface area (TPSA) is 151 Å². The second kappa shape index (κ2) is 12.9. The van der Waals surface area contributed by atoms with E-state index in [0.29, 0.717) is 11.5 Å². The molecule has 0 aliphatic rings. The van der Waals surface area contributed by atoms with E-state index in [0.717, 1.165) is 11.1 Å². The van der Waals surface area contributed by atoms with Crippen molar-refractivity contribution in [3.8, 4) is 0 Å². The molecule has 0 radical (unpaired) electrons. The Labute approximate surface area is 207 Å². The maximum atomic E-state index is 12.2. The Bertz CT molecular complexity index is 1120. The Morgan fingerprint density at radius 3 is 1.44 bits per heavy atom. The van der Waals surface area contributed by atoms with E-state index >= 15 is 0 Å². The predicted octanol–water partition coefficient (Wildman–Crippen LogP) is 2.36. The molecule has 4 amide bonds. The number of sulfonamides is 2. The fourth-order valence-corrected chi connectivity index (χ4v) is 6.41. The van der Waals surface area contributed by atoms with Gasteiger partial charge in [-0.2, -0.15) is 0 Å². The van der Waals surface area contributed by atoms with Crippen molar-refractivity contribution in [2.75, 3.05) is 24.6 Å². The van der Waals surface area contributed by atoms with Crippen LogP contribution in [0.3, 0.4) is 0 Å². The molecule has 34 heavy (non-hydrogen) atoms. The Hall–Kier alpha value is -2.42. The van der Waals surface area contributed by atoms with Gasteiger partial charge in [0.05, 0.1) is 9.79 Å². The first-order valence-electron chi connectivity index (χ1n) is 9.99. The number of rotatable bonds is 11. The van der Waals surface area contributed by atoms with E-state index in [4.69, 9.17) is 0 Å². The monoisotopic (exact) mass is 546 g/mol. The first-order valence-corrected chi connectivity index (χ1v) is 15.4. The summed E-state index contributed by atoms with van der Waals surface area (Å²) in [6.07, 6.45) is 0. The summed E-state index contributed by atoms with van der Waals surface area (Å²) < 4.78 is 52.6. The number of nitrogens with one attached hydrogen (secondary N) is 4. The van der Waals surface area contributed by atoms with Crippen molar-refractivity contribution in [1.82, 2.24) is 20.1 Å². The molecule has 2 rings (SSSR count). The SMILES string of the molecule is Cc1cccc(S(=O)(=O)NC(=O)NCCSSCCNC(=O)NS(=O)(=O)c2cccc(C)c2)c1. The molecule has 0 aliphatic heterocycles. The normalized spacial score (nSPS) is 11.5. The Kier molecular flexibility index (Phi) is 10.5. The van der Waals surface area contributed by atoms with E-state index in [9.17, 15) is 26.4 Å². The molecule has 0 fully saturated rings. The number of hydrogen-bond donors (Lipinski definition) is 4. The molecule has 0 aliphatic carbocycles. The minimum absolute atomic E-state index is 0.01000. The Morgan fingerprint density at radius 1 is 0.706 bits per heavy atom. The van der Waals surface area contributed by atoms with E-state index in [1.54, 1.807) is 38.1 Å². The molecular weight excluding hydrogens is 521 g/mol. The van der Waals surface area contributed by atoms with Crippen LogP contribution in [0.25, 0.3) is 0 Å². The van der Waals surface area contributed by atoms with Gasteiger partial charge in [0.1, 0.15) is 0 Å². The van der Waals surface area contributed by atoms with Crippen molar-refractivity contribution in [2.45, 2.75) is 23.6 Å². The Morgan fingerprint density at radius 2 is 1.09 bits per heavy atom. The van der Waals surface area contributed by atoms with Crippen molar-refractivity contribution in [1.29, 1.82) is 0 Å². The molecule has 2 aromatic rings. The van der Waals surface area contributed by atoms with E-state index in [1.807, 2.05) is 9.44 Å². The van der Waals surface area contributed by atoms with Crippen LogP contribution in [-0.4, -0.2) is 53.5 Å². The predicted molar refractivity (Wildman–Crippen MR) is 135 cm³/mol. The molecule has 0 aromatic heterocycles. The zero-order valence-corrected chi connectivity index (χ0v) is 21.8. The molecule has 4 N–H and O–H groups in total. The number of aryl methyl sites for hydroxylation is 2. The van der Waals surface area contributed by atoms with Gasteiger partial charge in [-0.05, 0) is 49.2 Å². The van der Waals surface area contributed by atoms with E-state index in [2.05, 4.69) is 10.6 Å². The van der Waals surface area contributed by atoms with Crippen LogP contribution in [0.2, 0.25) is 0 Å². The molecule has 0 heterocycles. The molecule has 0 unspecified atom stereocenters. The quantitative estimate of drug-likeness (QED) is 0.248. The van der Waals surface area contributed by atoms with Gasteiger partial charge in [-0.25, -0.2) is 35.9 Å².